The number of fused-ring (bicyclic) bond motifs is 20. The van der Waals surface area contributed by atoms with E-state index in [-0.39, 0.29) is 27.1 Å². The van der Waals surface area contributed by atoms with E-state index in [1.807, 2.05) is 0 Å². The third-order valence-corrected chi connectivity index (χ3v) is 28.8. The second-order valence-electron chi connectivity index (χ2n) is 36.2. The third-order valence-electron chi connectivity index (χ3n) is 28.3. The fraction of sp³-hybridized carbons (Fsp3) is 0.0698. The van der Waals surface area contributed by atoms with E-state index in [0.717, 1.165) is 10.9 Å². The van der Waals surface area contributed by atoms with Crippen molar-refractivity contribution in [2.75, 3.05) is 0 Å². The summed E-state index contributed by atoms with van der Waals surface area (Å²) in [4.78, 5) is 0. The molecule has 0 atom stereocenters. The molecule has 0 spiro atoms. The summed E-state index contributed by atoms with van der Waals surface area (Å²) < 4.78 is 3.57. The number of allylic oxidation sites excluding steroid dienone is 1. The fourth-order valence-corrected chi connectivity index (χ4v) is 22.0. The smallest absolute Gasteiger partial charge is 0.0535 e. The molecule has 3 aliphatic rings. The minimum absolute atomic E-state index is 0. The van der Waals surface area contributed by atoms with Crippen LogP contribution in [0.3, 0.4) is 0 Å². The predicted molar refractivity (Wildman–Crippen MR) is 570 cm³/mol. The van der Waals surface area contributed by atoms with Gasteiger partial charge in [-0.15, -0.1) is 0 Å². The minimum Gasteiger partial charge on any atom is -0.316 e. The third kappa shape index (κ3) is 13.9. The van der Waals surface area contributed by atoms with Crippen molar-refractivity contribution >= 4 is 119 Å². The zero-order chi connectivity index (χ0) is 86.2. The molecule has 0 bridgehead atoms. The van der Waals surface area contributed by atoms with Gasteiger partial charge in [0.15, 0.2) is 0 Å². The average molecular weight is 1740 g/mol. The zero-order valence-electron chi connectivity index (χ0n) is 72.3. The molecule has 23 aromatic rings. The first kappa shape index (κ1) is 81.4. The highest BCUT2D eigenvalue weighted by Gasteiger charge is 2.37. The number of nitrogens with zero attached hydrogens (tertiary/aromatic N) is 1. The van der Waals surface area contributed by atoms with Crippen molar-refractivity contribution in [1.29, 1.82) is 0 Å². The maximum absolute atomic E-state index is 3.56. The van der Waals surface area contributed by atoms with Crippen LogP contribution in [0.5, 0.6) is 0 Å². The van der Waals surface area contributed by atoms with Gasteiger partial charge in [-0.1, -0.05) is 435 Å². The summed E-state index contributed by atoms with van der Waals surface area (Å²) in [6.45, 7) is 9.32. The number of rotatable bonds is 9. The van der Waals surface area contributed by atoms with Crippen molar-refractivity contribution in [2.24, 2.45) is 0 Å². The lowest BCUT2D eigenvalue weighted by molar-refractivity contribution is 0.659. The second kappa shape index (κ2) is 32.8. The quantitative estimate of drug-likeness (QED) is 0.127. The molecule has 626 valence electrons. The van der Waals surface area contributed by atoms with E-state index in [4.69, 9.17) is 0 Å². The molecular weight excluding hydrogens is 1640 g/mol. The predicted octanol–water partition coefficient (Wildman–Crippen LogP) is 36.8. The summed E-state index contributed by atoms with van der Waals surface area (Å²) in [6, 6.07) is 161. The van der Waals surface area contributed by atoms with Crippen molar-refractivity contribution in [3.8, 4) is 106 Å². The molecule has 0 unspecified atom stereocenters. The van der Waals surface area contributed by atoms with Crippen LogP contribution in [-0.2, 0) is 17.3 Å². The monoisotopic (exact) mass is 1740 g/mol. The number of hydrogen-bond donors (Lipinski definition) is 0. The number of hydrogen-bond acceptors (Lipinski definition) is 0. The van der Waals surface area contributed by atoms with Crippen LogP contribution in [0.4, 0.5) is 0 Å². The van der Waals surface area contributed by atoms with Gasteiger partial charge in [-0.3, -0.25) is 0 Å². The van der Waals surface area contributed by atoms with E-state index in [1.54, 1.807) is 0 Å². The highest BCUT2D eigenvalue weighted by Crippen LogP contribution is 2.53. The Labute approximate surface area is 776 Å². The van der Waals surface area contributed by atoms with Crippen molar-refractivity contribution in [2.45, 2.75) is 59.8 Å². The van der Waals surface area contributed by atoms with Crippen molar-refractivity contribution < 1.29 is 1.43 Å². The first-order valence-electron chi connectivity index (χ1n) is 45.1. The topological polar surface area (TPSA) is 4.93 Å². The number of benzene rings is 22. The SMILES string of the molecule is C.C.C1=C(c2ccc(-c3cc4ccccc4c4ccccc34)cc2)c2cc(-c3ccc(-c4cc5ccccc5c5ccccc45)cc3)ccc2C1.CC1(C)c2ccccc2-c2ccc(-n3cc(-c4ccc(-c5cc6ccccc6c6ccccc56)cc4)c4cc(-c5ccc(-c6cc7ccccc7c7ccccc67)cc5)ccc43)cc21.CC1(C)c2ccccc2-c2ccc(Br)cc21.[HH]. The lowest BCUT2D eigenvalue weighted by Gasteiger charge is -2.22. The molecule has 3 aliphatic carbocycles. The van der Waals surface area contributed by atoms with Crippen LogP contribution in [0.15, 0.2) is 454 Å². The lowest BCUT2D eigenvalue weighted by Crippen LogP contribution is -2.15. The van der Waals surface area contributed by atoms with Gasteiger partial charge in [-0.25, -0.2) is 0 Å². The Hall–Kier alpha value is -15.3. The van der Waals surface area contributed by atoms with E-state index >= 15 is 0 Å². The van der Waals surface area contributed by atoms with Gasteiger partial charge < -0.3 is 4.57 Å². The normalized spacial score (nSPS) is 12.9. The highest BCUT2D eigenvalue weighted by molar-refractivity contribution is 9.10. The van der Waals surface area contributed by atoms with Gasteiger partial charge in [0.05, 0.1) is 5.52 Å². The van der Waals surface area contributed by atoms with Crippen LogP contribution in [0.1, 0.15) is 82.9 Å². The molecule has 1 heterocycles. The van der Waals surface area contributed by atoms with Crippen LogP contribution in [0.25, 0.3) is 208 Å². The molecule has 0 amide bonds. The number of aromatic nitrogens is 1. The highest BCUT2D eigenvalue weighted by atomic mass is 79.9. The Morgan fingerprint density at radius 2 is 0.534 bits per heavy atom. The Morgan fingerprint density at radius 3 is 0.954 bits per heavy atom. The minimum atomic E-state index is -0.0883. The maximum atomic E-state index is 3.56. The molecule has 1 aromatic heterocycles. The zero-order valence-corrected chi connectivity index (χ0v) is 73.8. The fourth-order valence-electron chi connectivity index (χ4n) is 21.7. The van der Waals surface area contributed by atoms with Crippen LogP contribution in [0.2, 0.25) is 0 Å². The summed E-state index contributed by atoms with van der Waals surface area (Å²) in [5.74, 6) is 0. The molecule has 131 heavy (non-hydrogen) atoms. The van der Waals surface area contributed by atoms with Gasteiger partial charge in [0.1, 0.15) is 0 Å². The van der Waals surface area contributed by atoms with Crippen molar-refractivity contribution in [3.63, 3.8) is 0 Å². The molecule has 1 nitrogen and oxygen atoms in total. The van der Waals surface area contributed by atoms with Crippen molar-refractivity contribution in [1.82, 2.24) is 4.57 Å². The molecule has 0 aliphatic heterocycles. The Kier molecular flexibility index (Phi) is 20.4. The lowest BCUT2D eigenvalue weighted by atomic mass is 9.82. The summed E-state index contributed by atoms with van der Waals surface area (Å²) >= 11 is 3.56. The van der Waals surface area contributed by atoms with Gasteiger partial charge in [0.25, 0.3) is 0 Å². The Morgan fingerprint density at radius 1 is 0.221 bits per heavy atom. The summed E-state index contributed by atoms with van der Waals surface area (Å²) in [5, 5.41) is 21.8. The first-order chi connectivity index (χ1) is 63.4. The van der Waals surface area contributed by atoms with Gasteiger partial charge in [-0.2, -0.15) is 0 Å². The van der Waals surface area contributed by atoms with Crippen LogP contribution in [-0.4, -0.2) is 4.57 Å². The van der Waals surface area contributed by atoms with E-state index in [2.05, 4.69) is 497 Å². The van der Waals surface area contributed by atoms with E-state index in [1.165, 1.54) is 247 Å². The molecule has 0 radical (unpaired) electrons. The molecule has 26 rings (SSSR count). The van der Waals surface area contributed by atoms with Gasteiger partial charge >= 0.3 is 0 Å². The summed E-state index contributed by atoms with van der Waals surface area (Å²) in [5.41, 5.74) is 36.1. The molecule has 0 saturated carbocycles. The second-order valence-corrected chi connectivity index (χ2v) is 37.1. The van der Waals surface area contributed by atoms with Gasteiger partial charge in [-0.05, 0) is 298 Å². The summed E-state index contributed by atoms with van der Waals surface area (Å²) in [6.07, 6.45) is 5.72. The molecule has 22 aromatic carbocycles. The molecule has 0 fully saturated rings. The molecule has 0 saturated heterocycles. The standard InChI is InChI=1S/C63H43N.C49H32.C15H13Br.2CH4.H2/c1-63(2)60-22-12-11-21-54(60)55-33-32-47(38-61(55)63)64-39-59(43-29-27-42(28-30-43)57-37-46-14-4-6-16-49(46)51-18-8-10-20-53(51)57)58-35-44(31-34-62(58)64)40-23-25-41(26-24-40)56-36-45-13-3-5-15-48(45)50-17-7-9-19-52(50)56;1-3-11-40-38(9-1)30-48(45-15-7-5-13-43(40)45)34-19-17-32(18-20-34)37-26-25-36-27-28-42(47(36)29-37)33-21-23-35(24-22-33)49-31-39-10-2-4-12-41(39)44-14-6-8-16-46(44)49;1-15(2)13-6-4-3-5-11(13)12-8-7-10(16)9-14(12)15;;;/h3-39H,1-2H3;1-26,28-31H,27H2;3-9H,1-2H3;2*1H4;1H. The summed E-state index contributed by atoms with van der Waals surface area (Å²) in [7, 11) is 0. The maximum Gasteiger partial charge on any atom is 0.0535 e. The van der Waals surface area contributed by atoms with Crippen LogP contribution < -0.4 is 0 Å². The largest absolute Gasteiger partial charge is 0.316 e. The van der Waals surface area contributed by atoms with E-state index in [0.29, 0.717) is 0 Å². The van der Waals surface area contributed by atoms with Gasteiger partial charge in [0, 0.05) is 39.6 Å². The molecule has 0 N–H and O–H groups in total. The van der Waals surface area contributed by atoms with Crippen LogP contribution >= 0.6 is 15.9 Å². The number of halogens is 1. The van der Waals surface area contributed by atoms with E-state index in [9.17, 15) is 0 Å². The molecule has 2 heteroatoms. The first-order valence-corrected chi connectivity index (χ1v) is 45.8. The Balaban J connectivity index is 0.000000136. The van der Waals surface area contributed by atoms with E-state index < -0.39 is 0 Å². The molecular formula is C129H98BrN. The van der Waals surface area contributed by atoms with Gasteiger partial charge in [0.2, 0.25) is 0 Å². The van der Waals surface area contributed by atoms with Crippen LogP contribution in [0, 0.1) is 0 Å². The Bertz CT molecular complexity index is 8560. The average Bonchev–Trinajstić information content (AvgIpc) is 1.56. The van der Waals surface area contributed by atoms with Crippen molar-refractivity contribution in [3.05, 3.63) is 492 Å².